The molecule has 36 heavy (non-hydrogen) atoms. The summed E-state index contributed by atoms with van der Waals surface area (Å²) in [5.74, 6) is -1.24. The fraction of sp³-hybridized carbons (Fsp3) is 0.185. The van der Waals surface area contributed by atoms with E-state index >= 15 is 0 Å². The number of hydrogen-bond donors (Lipinski definition) is 4. The van der Waals surface area contributed by atoms with E-state index in [4.69, 9.17) is 0 Å². The second kappa shape index (κ2) is 10.8. The second-order valence-corrected chi connectivity index (χ2v) is 8.39. The number of carbonyl (C=O) groups excluding carboxylic acids is 3. The van der Waals surface area contributed by atoms with E-state index in [1.165, 1.54) is 24.3 Å². The van der Waals surface area contributed by atoms with Gasteiger partial charge in [-0.3, -0.25) is 19.4 Å². The highest BCUT2D eigenvalue weighted by atomic mass is 19.1. The van der Waals surface area contributed by atoms with Gasteiger partial charge in [0.05, 0.1) is 11.1 Å². The minimum Gasteiger partial charge on any atom is -0.358 e. The number of aryl methyl sites for hydroxylation is 1. The lowest BCUT2D eigenvalue weighted by Gasteiger charge is -2.07. The van der Waals surface area contributed by atoms with Crippen LogP contribution in [0.4, 0.5) is 10.1 Å². The SMILES string of the molecule is Cc1[nH]c(/C=C2\C(=O)Nc3ccc(F)cc32)c(C)c1C(=O)NCCCNC(=O)/C=C/c1cccnc1. The molecule has 1 aromatic carbocycles. The van der Waals surface area contributed by atoms with Gasteiger partial charge in [-0.1, -0.05) is 6.07 Å². The summed E-state index contributed by atoms with van der Waals surface area (Å²) in [6.07, 6.45) is 8.63. The van der Waals surface area contributed by atoms with Crippen molar-refractivity contribution in [3.8, 4) is 0 Å². The van der Waals surface area contributed by atoms with Crippen molar-refractivity contribution in [1.29, 1.82) is 0 Å². The maximum Gasteiger partial charge on any atom is 0.256 e. The standard InChI is InChI=1S/C27H26FN5O3/c1-16-23(14-21-20-13-19(28)7-8-22(20)33-26(21)35)32-17(2)25(16)27(36)31-12-4-11-30-24(34)9-6-18-5-3-10-29-15-18/h3,5-10,13-15,32H,4,11-12H2,1-2H3,(H,30,34)(H,31,36)(H,33,35)/b9-6+,21-14-. The van der Waals surface area contributed by atoms with Gasteiger partial charge in [-0.25, -0.2) is 4.39 Å². The monoisotopic (exact) mass is 487 g/mol. The van der Waals surface area contributed by atoms with E-state index in [2.05, 4.69) is 25.9 Å². The molecule has 9 heteroatoms. The number of aromatic amines is 1. The number of pyridine rings is 1. The van der Waals surface area contributed by atoms with Crippen LogP contribution in [0.2, 0.25) is 0 Å². The summed E-state index contributed by atoms with van der Waals surface area (Å²) < 4.78 is 13.7. The Morgan fingerprint density at radius 3 is 2.72 bits per heavy atom. The number of aromatic nitrogens is 2. The third kappa shape index (κ3) is 5.57. The number of carbonyl (C=O) groups is 3. The normalized spacial score (nSPS) is 13.6. The fourth-order valence-corrected chi connectivity index (χ4v) is 4.00. The van der Waals surface area contributed by atoms with Gasteiger partial charge in [0.25, 0.3) is 11.8 Å². The molecule has 8 nitrogen and oxygen atoms in total. The van der Waals surface area contributed by atoms with Gasteiger partial charge >= 0.3 is 0 Å². The predicted octanol–water partition coefficient (Wildman–Crippen LogP) is 3.61. The molecular weight excluding hydrogens is 461 g/mol. The molecule has 1 aliphatic heterocycles. The maximum atomic E-state index is 13.7. The van der Waals surface area contributed by atoms with Gasteiger partial charge in [0.15, 0.2) is 0 Å². The van der Waals surface area contributed by atoms with Crippen molar-refractivity contribution in [2.45, 2.75) is 20.3 Å². The van der Waals surface area contributed by atoms with Gasteiger partial charge in [0.2, 0.25) is 5.91 Å². The third-order valence-electron chi connectivity index (χ3n) is 5.81. The molecule has 4 rings (SSSR count). The summed E-state index contributed by atoms with van der Waals surface area (Å²) >= 11 is 0. The summed E-state index contributed by atoms with van der Waals surface area (Å²) in [5, 5.41) is 8.36. The molecule has 3 amide bonds. The minimum absolute atomic E-state index is 0.224. The molecule has 0 unspecified atom stereocenters. The number of fused-ring (bicyclic) bond motifs is 1. The van der Waals surface area contributed by atoms with Crippen molar-refractivity contribution in [3.05, 3.63) is 88.3 Å². The lowest BCUT2D eigenvalue weighted by Crippen LogP contribution is -2.29. The second-order valence-electron chi connectivity index (χ2n) is 8.39. The first-order valence-corrected chi connectivity index (χ1v) is 11.5. The Bertz CT molecular complexity index is 1380. The molecule has 0 spiro atoms. The van der Waals surface area contributed by atoms with Crippen molar-refractivity contribution >= 4 is 41.1 Å². The Balaban J connectivity index is 1.33. The Morgan fingerprint density at radius 1 is 1.14 bits per heavy atom. The Morgan fingerprint density at radius 2 is 1.94 bits per heavy atom. The van der Waals surface area contributed by atoms with Crippen LogP contribution in [0.1, 0.15) is 44.9 Å². The molecule has 2 aromatic heterocycles. The quantitative estimate of drug-likeness (QED) is 0.287. The number of halogens is 1. The van der Waals surface area contributed by atoms with Crippen molar-refractivity contribution < 1.29 is 18.8 Å². The molecule has 3 aromatic rings. The predicted molar refractivity (Wildman–Crippen MR) is 136 cm³/mol. The number of amides is 3. The van der Waals surface area contributed by atoms with E-state index < -0.39 is 5.82 Å². The van der Waals surface area contributed by atoms with E-state index in [1.807, 2.05) is 6.07 Å². The average Bonchev–Trinajstić information content (AvgIpc) is 3.32. The largest absolute Gasteiger partial charge is 0.358 e. The van der Waals surface area contributed by atoms with Gasteiger partial charge in [-0.05, 0) is 67.8 Å². The first kappa shape index (κ1) is 24.6. The van der Waals surface area contributed by atoms with Crippen molar-refractivity contribution in [1.82, 2.24) is 20.6 Å². The molecule has 1 aliphatic rings. The number of nitrogens with one attached hydrogen (secondary N) is 4. The number of hydrogen-bond acceptors (Lipinski definition) is 4. The van der Waals surface area contributed by atoms with Gasteiger partial charge in [-0.15, -0.1) is 0 Å². The molecule has 0 atom stereocenters. The zero-order valence-corrected chi connectivity index (χ0v) is 19.9. The zero-order chi connectivity index (χ0) is 25.7. The first-order chi connectivity index (χ1) is 17.3. The first-order valence-electron chi connectivity index (χ1n) is 11.5. The minimum atomic E-state index is -0.434. The molecule has 0 saturated heterocycles. The van der Waals surface area contributed by atoms with Crippen LogP contribution in [0.3, 0.4) is 0 Å². The number of benzene rings is 1. The summed E-state index contributed by atoms with van der Waals surface area (Å²) in [4.78, 5) is 44.3. The van der Waals surface area contributed by atoms with Crippen LogP contribution in [0, 0.1) is 19.7 Å². The van der Waals surface area contributed by atoms with Gasteiger partial charge in [0, 0.05) is 54.2 Å². The van der Waals surface area contributed by atoms with E-state index in [0.29, 0.717) is 58.8 Å². The van der Waals surface area contributed by atoms with Crippen LogP contribution in [-0.2, 0) is 9.59 Å². The Labute approximate surface area is 207 Å². The fourth-order valence-electron chi connectivity index (χ4n) is 4.00. The number of rotatable bonds is 8. The highest BCUT2D eigenvalue weighted by Gasteiger charge is 2.26. The van der Waals surface area contributed by atoms with Crippen LogP contribution < -0.4 is 16.0 Å². The molecule has 0 fully saturated rings. The summed E-state index contributed by atoms with van der Waals surface area (Å²) in [5.41, 5.74) is 4.62. The van der Waals surface area contributed by atoms with Crippen LogP contribution in [-0.4, -0.2) is 40.8 Å². The smallest absolute Gasteiger partial charge is 0.256 e. The zero-order valence-electron chi connectivity index (χ0n) is 19.9. The Hall–Kier alpha value is -4.53. The number of nitrogens with zero attached hydrogens (tertiary/aromatic N) is 1. The summed E-state index contributed by atoms with van der Waals surface area (Å²) in [6.45, 7) is 4.35. The van der Waals surface area contributed by atoms with E-state index in [-0.39, 0.29) is 17.7 Å². The molecular formula is C27H26FN5O3. The van der Waals surface area contributed by atoms with Gasteiger partial charge in [-0.2, -0.15) is 0 Å². The number of H-pyrrole nitrogens is 1. The summed E-state index contributed by atoms with van der Waals surface area (Å²) in [6, 6.07) is 7.76. The molecule has 0 bridgehead atoms. The maximum absolute atomic E-state index is 13.7. The lowest BCUT2D eigenvalue weighted by molar-refractivity contribution is -0.116. The van der Waals surface area contributed by atoms with Gasteiger partial charge < -0.3 is 20.9 Å². The average molecular weight is 488 g/mol. The third-order valence-corrected chi connectivity index (χ3v) is 5.81. The highest BCUT2D eigenvalue weighted by Crippen LogP contribution is 2.34. The molecule has 0 radical (unpaired) electrons. The number of anilines is 1. The Kier molecular flexibility index (Phi) is 7.39. The van der Waals surface area contributed by atoms with Crippen LogP contribution in [0.25, 0.3) is 17.7 Å². The molecule has 0 saturated carbocycles. The van der Waals surface area contributed by atoms with Crippen LogP contribution in [0.15, 0.2) is 48.8 Å². The van der Waals surface area contributed by atoms with E-state index in [0.717, 1.165) is 5.56 Å². The van der Waals surface area contributed by atoms with Crippen molar-refractivity contribution in [2.75, 3.05) is 18.4 Å². The van der Waals surface area contributed by atoms with Crippen LogP contribution >= 0.6 is 0 Å². The summed E-state index contributed by atoms with van der Waals surface area (Å²) in [7, 11) is 0. The highest BCUT2D eigenvalue weighted by molar-refractivity contribution is 6.34. The lowest BCUT2D eigenvalue weighted by atomic mass is 10.0. The van der Waals surface area contributed by atoms with Gasteiger partial charge in [0.1, 0.15) is 5.82 Å². The van der Waals surface area contributed by atoms with Crippen molar-refractivity contribution in [2.24, 2.45) is 0 Å². The van der Waals surface area contributed by atoms with E-state index in [9.17, 15) is 18.8 Å². The molecule has 4 N–H and O–H groups in total. The van der Waals surface area contributed by atoms with Crippen molar-refractivity contribution in [3.63, 3.8) is 0 Å². The van der Waals surface area contributed by atoms with E-state index in [1.54, 1.807) is 44.5 Å². The van der Waals surface area contributed by atoms with Crippen LogP contribution in [0.5, 0.6) is 0 Å². The topological polar surface area (TPSA) is 116 Å². The molecule has 3 heterocycles. The molecule has 184 valence electrons. The molecule has 0 aliphatic carbocycles.